The fourth-order valence-corrected chi connectivity index (χ4v) is 2.20. The van der Waals surface area contributed by atoms with Crippen LogP contribution >= 0.6 is 0 Å². The van der Waals surface area contributed by atoms with Gasteiger partial charge in [0.25, 0.3) is 5.91 Å². The molecule has 1 aliphatic heterocycles. The summed E-state index contributed by atoms with van der Waals surface area (Å²) >= 11 is 0. The van der Waals surface area contributed by atoms with Crippen molar-refractivity contribution in [3.63, 3.8) is 0 Å². The molecule has 0 bridgehead atoms. The van der Waals surface area contributed by atoms with Crippen LogP contribution < -0.4 is 11.5 Å². The van der Waals surface area contributed by atoms with Crippen molar-refractivity contribution in [2.24, 2.45) is 11.5 Å². The average molecular weight is 251 g/mol. The second-order valence-electron chi connectivity index (χ2n) is 4.71. The third kappa shape index (κ3) is 1.92. The van der Waals surface area contributed by atoms with Gasteiger partial charge in [-0.25, -0.2) is 4.79 Å². The van der Waals surface area contributed by atoms with Crippen LogP contribution in [-0.4, -0.2) is 33.2 Å². The Balaban J connectivity index is 2.48. The van der Waals surface area contributed by atoms with Gasteiger partial charge in [0.15, 0.2) is 0 Å². The van der Waals surface area contributed by atoms with Gasteiger partial charge in [-0.1, -0.05) is 13.8 Å². The van der Waals surface area contributed by atoms with Crippen LogP contribution in [0, 0.1) is 0 Å². The molecule has 0 saturated heterocycles. The highest BCUT2D eigenvalue weighted by molar-refractivity contribution is 5.95. The monoisotopic (exact) mass is 251 g/mol. The lowest BCUT2D eigenvalue weighted by Crippen LogP contribution is -2.42. The van der Waals surface area contributed by atoms with E-state index < -0.39 is 11.9 Å². The Bertz CT molecular complexity index is 506. The lowest BCUT2D eigenvalue weighted by Gasteiger charge is -2.26. The number of nitrogens with zero attached hydrogens (tertiary/aromatic N) is 3. The number of fused-ring (bicyclic) bond motifs is 1. The Morgan fingerprint density at radius 2 is 1.94 bits per heavy atom. The number of urea groups is 1. The summed E-state index contributed by atoms with van der Waals surface area (Å²) < 4.78 is 1.74. The van der Waals surface area contributed by atoms with Crippen LogP contribution in [0.4, 0.5) is 4.79 Å². The lowest BCUT2D eigenvalue weighted by molar-refractivity contribution is 0.0996. The van der Waals surface area contributed by atoms with Gasteiger partial charge in [0, 0.05) is 6.54 Å². The third-order valence-electron chi connectivity index (χ3n) is 3.11. The molecule has 7 heteroatoms. The van der Waals surface area contributed by atoms with Crippen molar-refractivity contribution in [3.05, 3.63) is 17.0 Å². The molecule has 0 unspecified atom stereocenters. The molecule has 7 nitrogen and oxygen atoms in total. The second kappa shape index (κ2) is 4.32. The number of carbonyl (C=O) groups is 2. The SMILES string of the molecule is CC(C)c1nn2c(c1C(N)=O)CN(C(N)=O)CC2. The number of rotatable bonds is 2. The number of carbonyl (C=O) groups excluding carboxylic acids is 2. The smallest absolute Gasteiger partial charge is 0.315 e. The maximum atomic E-state index is 11.6. The quantitative estimate of drug-likeness (QED) is 0.772. The van der Waals surface area contributed by atoms with Crippen LogP contribution in [0.2, 0.25) is 0 Å². The molecule has 0 spiro atoms. The molecule has 18 heavy (non-hydrogen) atoms. The Kier molecular flexibility index (Phi) is 2.98. The maximum Gasteiger partial charge on any atom is 0.315 e. The number of primary amides is 2. The van der Waals surface area contributed by atoms with Gasteiger partial charge in [-0.05, 0) is 5.92 Å². The van der Waals surface area contributed by atoms with Gasteiger partial charge in [0.2, 0.25) is 0 Å². The Labute approximate surface area is 105 Å². The second-order valence-corrected chi connectivity index (χ2v) is 4.71. The molecule has 1 aromatic rings. The van der Waals surface area contributed by atoms with E-state index in [0.717, 1.165) is 0 Å². The molecule has 1 aliphatic rings. The molecule has 0 saturated carbocycles. The standard InChI is InChI=1S/C11H17N5O2/c1-6(2)9-8(10(12)17)7-5-15(11(13)18)3-4-16(7)14-9/h6H,3-5H2,1-2H3,(H2,12,17)(H2,13,18). The first-order valence-corrected chi connectivity index (χ1v) is 5.85. The zero-order valence-electron chi connectivity index (χ0n) is 10.5. The molecule has 0 fully saturated rings. The summed E-state index contributed by atoms with van der Waals surface area (Å²) in [7, 11) is 0. The number of hydrogen-bond acceptors (Lipinski definition) is 3. The van der Waals surface area contributed by atoms with E-state index in [1.807, 2.05) is 13.8 Å². The van der Waals surface area contributed by atoms with Crippen molar-refractivity contribution in [2.75, 3.05) is 6.54 Å². The van der Waals surface area contributed by atoms with Crippen LogP contribution in [0.5, 0.6) is 0 Å². The minimum atomic E-state index is -0.508. The van der Waals surface area contributed by atoms with Crippen LogP contribution in [-0.2, 0) is 13.1 Å². The molecule has 2 rings (SSSR count). The molecule has 1 aromatic heterocycles. The highest BCUT2D eigenvalue weighted by atomic mass is 16.2. The van der Waals surface area contributed by atoms with E-state index in [1.165, 1.54) is 4.90 Å². The molecule has 0 aromatic carbocycles. The lowest BCUT2D eigenvalue weighted by atomic mass is 10.0. The number of nitrogens with two attached hydrogens (primary N) is 2. The summed E-state index contributed by atoms with van der Waals surface area (Å²) in [4.78, 5) is 24.2. The number of amides is 3. The van der Waals surface area contributed by atoms with Gasteiger partial charge < -0.3 is 16.4 Å². The highest BCUT2D eigenvalue weighted by Crippen LogP contribution is 2.25. The zero-order valence-corrected chi connectivity index (χ0v) is 10.5. The minimum Gasteiger partial charge on any atom is -0.365 e. The van der Waals surface area contributed by atoms with Gasteiger partial charge in [0.1, 0.15) is 0 Å². The minimum absolute atomic E-state index is 0.104. The van der Waals surface area contributed by atoms with Gasteiger partial charge >= 0.3 is 6.03 Å². The van der Waals surface area contributed by atoms with Crippen molar-refractivity contribution in [3.8, 4) is 0 Å². The van der Waals surface area contributed by atoms with E-state index in [2.05, 4.69) is 5.10 Å². The fraction of sp³-hybridized carbons (Fsp3) is 0.545. The Hall–Kier alpha value is -2.05. The summed E-state index contributed by atoms with van der Waals surface area (Å²) in [5, 5.41) is 4.40. The topological polar surface area (TPSA) is 107 Å². The van der Waals surface area contributed by atoms with Gasteiger partial charge in [-0.2, -0.15) is 5.10 Å². The molecular formula is C11H17N5O2. The first-order valence-electron chi connectivity index (χ1n) is 5.85. The average Bonchev–Trinajstić information content (AvgIpc) is 2.66. The molecule has 3 amide bonds. The van der Waals surface area contributed by atoms with Crippen molar-refractivity contribution >= 4 is 11.9 Å². The molecule has 0 atom stereocenters. The first-order chi connectivity index (χ1) is 8.41. The molecule has 0 radical (unpaired) electrons. The van der Waals surface area contributed by atoms with Crippen molar-refractivity contribution in [1.29, 1.82) is 0 Å². The predicted octanol–water partition coefficient (Wildman–Crippen LogP) is -0.000300. The summed E-state index contributed by atoms with van der Waals surface area (Å²) in [6, 6.07) is -0.496. The van der Waals surface area contributed by atoms with Gasteiger partial charge in [-0.3, -0.25) is 9.48 Å². The normalized spacial score (nSPS) is 14.7. The summed E-state index contributed by atoms with van der Waals surface area (Å²) in [6.45, 7) is 5.22. The largest absolute Gasteiger partial charge is 0.365 e. The molecule has 4 N–H and O–H groups in total. The third-order valence-corrected chi connectivity index (χ3v) is 3.11. The number of aromatic nitrogens is 2. The molecule has 98 valence electrons. The van der Waals surface area contributed by atoms with Crippen LogP contribution in [0.1, 0.15) is 41.5 Å². The van der Waals surface area contributed by atoms with Gasteiger partial charge in [0.05, 0.1) is 30.0 Å². The van der Waals surface area contributed by atoms with E-state index in [0.29, 0.717) is 30.0 Å². The maximum absolute atomic E-state index is 11.6. The molecular weight excluding hydrogens is 234 g/mol. The number of hydrogen-bond donors (Lipinski definition) is 2. The fourth-order valence-electron chi connectivity index (χ4n) is 2.20. The Morgan fingerprint density at radius 1 is 1.28 bits per heavy atom. The highest BCUT2D eigenvalue weighted by Gasteiger charge is 2.28. The van der Waals surface area contributed by atoms with E-state index in [9.17, 15) is 9.59 Å². The summed E-state index contributed by atoms with van der Waals surface area (Å²) in [5.41, 5.74) is 12.5. The molecule has 2 heterocycles. The first kappa shape index (κ1) is 12.4. The van der Waals surface area contributed by atoms with Crippen molar-refractivity contribution in [2.45, 2.75) is 32.9 Å². The summed E-state index contributed by atoms with van der Waals surface area (Å²) in [5.74, 6) is -0.404. The van der Waals surface area contributed by atoms with Crippen LogP contribution in [0.15, 0.2) is 0 Å². The predicted molar refractivity (Wildman–Crippen MR) is 64.8 cm³/mol. The van der Waals surface area contributed by atoms with E-state index in [-0.39, 0.29) is 12.5 Å². The van der Waals surface area contributed by atoms with Crippen LogP contribution in [0.25, 0.3) is 0 Å². The van der Waals surface area contributed by atoms with E-state index in [4.69, 9.17) is 11.5 Å². The van der Waals surface area contributed by atoms with Gasteiger partial charge in [-0.15, -0.1) is 0 Å². The van der Waals surface area contributed by atoms with Crippen molar-refractivity contribution in [1.82, 2.24) is 14.7 Å². The van der Waals surface area contributed by atoms with Crippen molar-refractivity contribution < 1.29 is 9.59 Å². The Morgan fingerprint density at radius 3 is 2.44 bits per heavy atom. The zero-order chi connectivity index (χ0) is 13.4. The molecule has 0 aliphatic carbocycles. The van der Waals surface area contributed by atoms with E-state index in [1.54, 1.807) is 4.68 Å². The van der Waals surface area contributed by atoms with Crippen LogP contribution in [0.3, 0.4) is 0 Å². The van der Waals surface area contributed by atoms with E-state index >= 15 is 0 Å². The summed E-state index contributed by atoms with van der Waals surface area (Å²) in [6.07, 6.45) is 0.